The smallest absolute Gasteiger partial charge is 0.0277 e. The predicted octanol–water partition coefficient (Wildman–Crippen LogP) is 0.644. The average Bonchev–Trinajstić information content (AvgIpc) is 1.91. The van der Waals surface area contributed by atoms with Gasteiger partial charge in [-0.3, -0.25) is 0 Å². The number of nitrogens with one attached hydrogen (secondary N) is 2. The Bertz CT molecular complexity index is 151. The van der Waals surface area contributed by atoms with E-state index >= 15 is 0 Å². The fraction of sp³-hybridized carbons (Fsp3) is 0.250. The van der Waals surface area contributed by atoms with E-state index in [0.29, 0.717) is 0 Å². The van der Waals surface area contributed by atoms with Crippen molar-refractivity contribution in [1.29, 1.82) is 10.5 Å². The molecule has 72 valence electrons. The fourth-order valence-corrected chi connectivity index (χ4v) is 0. The summed E-state index contributed by atoms with van der Waals surface area (Å²) in [6.07, 6.45) is 0. The molecule has 0 radical (unpaired) electrons. The van der Waals surface area contributed by atoms with Gasteiger partial charge in [-0.15, -0.1) is 6.54 Å². The van der Waals surface area contributed by atoms with Crippen molar-refractivity contribution in [3.05, 3.63) is 11.5 Å². The predicted molar refractivity (Wildman–Crippen MR) is 44.5 cm³/mol. The standard InChI is InChI=1S/C2H5N2O.2CHNS.Pd/c3-1-2(4)5;2*2-1-3;/h3H,1H2,(H2,4,5);2*3H;/q-1;;;/p-3. The summed E-state index contributed by atoms with van der Waals surface area (Å²) in [6, 6.07) is 0. The van der Waals surface area contributed by atoms with Crippen LogP contribution in [-0.2, 0) is 50.5 Å². The van der Waals surface area contributed by atoms with Crippen molar-refractivity contribution in [1.82, 2.24) is 0 Å². The molecule has 0 unspecified atom stereocenters. The third-order valence-electron chi connectivity index (χ3n) is 0.161. The Morgan fingerprint density at radius 2 is 1.42 bits per heavy atom. The molecule has 0 atom stereocenters. The minimum Gasteiger partial charge on any atom is -0.696 e. The number of nitriles is 2. The Kier molecular flexibility index (Phi) is 58.8. The molecule has 0 aromatic carbocycles. The molecule has 0 spiro atoms. The zero-order valence-electron chi connectivity index (χ0n) is 5.64. The van der Waals surface area contributed by atoms with Crippen LogP contribution in [0.4, 0.5) is 0 Å². The maximum atomic E-state index is 9.29. The maximum absolute atomic E-state index is 9.29. The van der Waals surface area contributed by atoms with E-state index in [1.54, 1.807) is 0 Å². The first-order valence-corrected chi connectivity index (χ1v) is 2.83. The van der Waals surface area contributed by atoms with Gasteiger partial charge in [0.1, 0.15) is 0 Å². The number of carbonyl (C=O) groups is 1. The van der Waals surface area contributed by atoms with Gasteiger partial charge in [0.05, 0.1) is 0 Å². The molecule has 0 saturated carbocycles. The van der Waals surface area contributed by atoms with Crippen LogP contribution in [0.15, 0.2) is 0 Å². The normalized spacial score (nSPS) is 4.25. The molecule has 1 amide bonds. The van der Waals surface area contributed by atoms with Crippen LogP contribution in [0.3, 0.4) is 0 Å². The van der Waals surface area contributed by atoms with Gasteiger partial charge in [0, 0.05) is 26.3 Å². The molecule has 0 aliphatic carbocycles. The van der Waals surface area contributed by atoms with Crippen molar-refractivity contribution in [3.8, 4) is 10.8 Å². The van der Waals surface area contributed by atoms with Crippen LogP contribution in [0.1, 0.15) is 0 Å². The van der Waals surface area contributed by atoms with Crippen molar-refractivity contribution in [2.75, 3.05) is 6.54 Å². The summed E-state index contributed by atoms with van der Waals surface area (Å²) in [5, 5.41) is 16.9. The number of amides is 1. The molecule has 8 heteroatoms. The summed E-state index contributed by atoms with van der Waals surface area (Å²) < 4.78 is 0. The molecule has 0 aliphatic heterocycles. The Hall–Kier alpha value is -0.488. The molecule has 5 nitrogen and oxygen atoms in total. The quantitative estimate of drug-likeness (QED) is 0.400. The molecule has 0 aromatic rings. The molecule has 0 fully saturated rings. The van der Waals surface area contributed by atoms with Gasteiger partial charge in [-0.05, 0) is 0 Å². The Labute approximate surface area is 95.6 Å². The third kappa shape index (κ3) is 301. The average molecular weight is 295 g/mol. The van der Waals surface area contributed by atoms with Gasteiger partial charge < -0.3 is 41.5 Å². The first-order chi connectivity index (χ1) is 5.10. The van der Waals surface area contributed by atoms with E-state index in [9.17, 15) is 4.79 Å². The molecule has 12 heavy (non-hydrogen) atoms. The number of nitrogens with zero attached hydrogens (tertiary/aromatic N) is 2. The van der Waals surface area contributed by atoms with Crippen LogP contribution in [0.5, 0.6) is 0 Å². The molecule has 0 bridgehead atoms. The second kappa shape index (κ2) is 31.3. The van der Waals surface area contributed by atoms with Crippen LogP contribution < -0.4 is 0 Å². The van der Waals surface area contributed by atoms with Crippen LogP contribution in [0.2, 0.25) is 0 Å². The van der Waals surface area contributed by atoms with Gasteiger partial charge in [-0.25, -0.2) is 10.5 Å². The summed E-state index contributed by atoms with van der Waals surface area (Å²) in [5.74, 6) is -0.829. The van der Waals surface area contributed by atoms with Crippen molar-refractivity contribution >= 4 is 31.2 Å². The second-order valence-corrected chi connectivity index (χ2v) is 1.15. The molecule has 0 aromatic heterocycles. The van der Waals surface area contributed by atoms with Gasteiger partial charge in [-0.1, -0.05) is 10.8 Å². The molecule has 2 N–H and O–H groups in total. The van der Waals surface area contributed by atoms with E-state index in [4.69, 9.17) is 22.0 Å². The van der Waals surface area contributed by atoms with Crippen molar-refractivity contribution < 1.29 is 25.2 Å². The molecule has 0 saturated heterocycles. The molecule has 0 rings (SSSR count). The van der Waals surface area contributed by atoms with Crippen LogP contribution in [0, 0.1) is 21.3 Å². The largest absolute Gasteiger partial charge is 0.696 e. The first kappa shape index (κ1) is 22.5. The van der Waals surface area contributed by atoms with E-state index in [0.717, 1.165) is 0 Å². The minimum absolute atomic E-state index is 0. The summed E-state index contributed by atoms with van der Waals surface area (Å²) in [4.78, 5) is 9.29. The van der Waals surface area contributed by atoms with Crippen molar-refractivity contribution in [3.63, 3.8) is 0 Å². The maximum Gasteiger partial charge on any atom is 0.0277 e. The topological polar surface area (TPSA) is 112 Å². The van der Waals surface area contributed by atoms with Crippen LogP contribution in [0.25, 0.3) is 11.5 Å². The van der Waals surface area contributed by atoms with E-state index in [1.807, 2.05) is 0 Å². The summed E-state index contributed by atoms with van der Waals surface area (Å²) in [6.45, 7) is -0.417. The summed E-state index contributed by atoms with van der Waals surface area (Å²) in [5.41, 5.74) is 12.1. The van der Waals surface area contributed by atoms with Gasteiger partial charge in [0.15, 0.2) is 0 Å². The number of hydrogen-bond acceptors (Lipinski definition) is 5. The van der Waals surface area contributed by atoms with Gasteiger partial charge >= 0.3 is 0 Å². The third-order valence-corrected chi connectivity index (χ3v) is 0.161. The number of rotatable bonds is 1. The number of carbonyl (C=O) groups excluding carboxylic acids is 1. The van der Waals surface area contributed by atoms with Gasteiger partial charge in [0.25, 0.3) is 0 Å². The molecule has 0 aliphatic rings. The molecular weight excluding hydrogens is 291 g/mol. The zero-order valence-corrected chi connectivity index (χ0v) is 8.83. The Morgan fingerprint density at radius 3 is 1.42 bits per heavy atom. The number of thiocyanates is 2. The monoisotopic (exact) mass is 294 g/mol. The second-order valence-electron chi connectivity index (χ2n) is 0.783. The fourth-order valence-electron chi connectivity index (χ4n) is 0. The SMILES string of the molecule is N#C[S-].N#C[S-].[NH-]CC([NH-])=O.[Pd]. The number of hydrogen-bond donors (Lipinski definition) is 0. The van der Waals surface area contributed by atoms with Crippen LogP contribution in [-0.4, -0.2) is 12.5 Å². The zero-order chi connectivity index (χ0) is 9.70. The van der Waals surface area contributed by atoms with Crippen LogP contribution >= 0.6 is 0 Å². The van der Waals surface area contributed by atoms with E-state index in [2.05, 4.69) is 25.3 Å². The van der Waals surface area contributed by atoms with E-state index in [-0.39, 0.29) is 20.4 Å². The summed E-state index contributed by atoms with van der Waals surface area (Å²) in [7, 11) is 0. The molecule has 0 heterocycles. The first-order valence-electron chi connectivity index (χ1n) is 2.02. The van der Waals surface area contributed by atoms with Gasteiger partial charge in [-0.2, -0.15) is 0 Å². The van der Waals surface area contributed by atoms with E-state index in [1.165, 1.54) is 10.8 Å². The minimum atomic E-state index is -0.829. The Balaban J connectivity index is -0.0000000406. The molecular formula is C4H4N4OPdS2-4. The van der Waals surface area contributed by atoms with Crippen molar-refractivity contribution in [2.24, 2.45) is 0 Å². The van der Waals surface area contributed by atoms with Gasteiger partial charge in [0.2, 0.25) is 0 Å². The Morgan fingerprint density at radius 1 is 1.33 bits per heavy atom. The summed E-state index contributed by atoms with van der Waals surface area (Å²) >= 11 is 7.40. The van der Waals surface area contributed by atoms with E-state index < -0.39 is 12.5 Å². The van der Waals surface area contributed by atoms with Crippen molar-refractivity contribution in [2.45, 2.75) is 0 Å².